The minimum atomic E-state index is -1.05. The molecule has 2 N–H and O–H groups in total. The number of rotatable bonds is 7. The first-order chi connectivity index (χ1) is 9.08. The highest BCUT2D eigenvalue weighted by atomic mass is 16.5. The summed E-state index contributed by atoms with van der Waals surface area (Å²) in [5.41, 5.74) is 0.862. The van der Waals surface area contributed by atoms with Crippen LogP contribution < -0.4 is 5.32 Å². The summed E-state index contributed by atoms with van der Waals surface area (Å²) in [6.45, 7) is 1.81. The SMILES string of the molecule is CCC(OC)C(=O)N[C@@H](Cc1ccccc1)C(=O)O. The first-order valence-corrected chi connectivity index (χ1v) is 6.18. The maximum atomic E-state index is 11.8. The van der Waals surface area contributed by atoms with Gasteiger partial charge in [0.2, 0.25) is 5.91 Å². The van der Waals surface area contributed by atoms with E-state index in [1.807, 2.05) is 30.3 Å². The quantitative estimate of drug-likeness (QED) is 0.777. The molecule has 0 bridgehead atoms. The summed E-state index contributed by atoms with van der Waals surface area (Å²) < 4.78 is 4.99. The van der Waals surface area contributed by atoms with Gasteiger partial charge in [0.15, 0.2) is 0 Å². The van der Waals surface area contributed by atoms with Crippen molar-refractivity contribution in [3.63, 3.8) is 0 Å². The van der Waals surface area contributed by atoms with Crippen molar-refractivity contribution in [1.29, 1.82) is 0 Å². The Kier molecular flexibility index (Phi) is 6.02. The minimum absolute atomic E-state index is 0.252. The molecule has 5 nitrogen and oxygen atoms in total. The van der Waals surface area contributed by atoms with Gasteiger partial charge in [0, 0.05) is 13.5 Å². The molecule has 0 aliphatic rings. The second-order valence-electron chi connectivity index (χ2n) is 4.22. The van der Waals surface area contributed by atoms with Crippen LogP contribution in [0.3, 0.4) is 0 Å². The van der Waals surface area contributed by atoms with Gasteiger partial charge in [-0.15, -0.1) is 0 Å². The van der Waals surface area contributed by atoms with E-state index in [2.05, 4.69) is 5.32 Å². The molecule has 19 heavy (non-hydrogen) atoms. The summed E-state index contributed by atoms with van der Waals surface area (Å²) in [6, 6.07) is 8.24. The molecule has 1 aromatic carbocycles. The van der Waals surface area contributed by atoms with Crippen molar-refractivity contribution >= 4 is 11.9 Å². The largest absolute Gasteiger partial charge is 0.480 e. The van der Waals surface area contributed by atoms with E-state index in [1.54, 1.807) is 6.92 Å². The van der Waals surface area contributed by atoms with E-state index in [4.69, 9.17) is 9.84 Å². The Balaban J connectivity index is 2.69. The molecule has 1 aromatic rings. The van der Waals surface area contributed by atoms with Crippen LogP contribution in [0.1, 0.15) is 18.9 Å². The van der Waals surface area contributed by atoms with Crippen LogP contribution in [0, 0.1) is 0 Å². The van der Waals surface area contributed by atoms with Gasteiger partial charge in [-0.3, -0.25) is 4.79 Å². The first-order valence-electron chi connectivity index (χ1n) is 6.18. The molecular formula is C14H19NO4. The number of hydrogen-bond donors (Lipinski definition) is 2. The number of carboxylic acid groups (broad SMARTS) is 1. The van der Waals surface area contributed by atoms with Gasteiger partial charge in [0.1, 0.15) is 12.1 Å². The lowest BCUT2D eigenvalue weighted by Crippen LogP contribution is -2.47. The van der Waals surface area contributed by atoms with Crippen molar-refractivity contribution in [1.82, 2.24) is 5.32 Å². The number of carboxylic acids is 1. The lowest BCUT2D eigenvalue weighted by Gasteiger charge is -2.18. The molecule has 0 heterocycles. The van der Waals surface area contributed by atoms with Crippen LogP contribution in [0.5, 0.6) is 0 Å². The van der Waals surface area contributed by atoms with E-state index < -0.39 is 24.0 Å². The third kappa shape index (κ3) is 4.71. The van der Waals surface area contributed by atoms with Gasteiger partial charge in [0.05, 0.1) is 0 Å². The number of methoxy groups -OCH3 is 1. The maximum Gasteiger partial charge on any atom is 0.326 e. The summed E-state index contributed by atoms with van der Waals surface area (Å²) in [5.74, 6) is -1.45. The molecule has 0 radical (unpaired) electrons. The van der Waals surface area contributed by atoms with Crippen molar-refractivity contribution in [2.45, 2.75) is 31.9 Å². The molecule has 5 heteroatoms. The zero-order valence-corrected chi connectivity index (χ0v) is 11.1. The van der Waals surface area contributed by atoms with E-state index >= 15 is 0 Å². The normalized spacial score (nSPS) is 13.6. The van der Waals surface area contributed by atoms with E-state index in [9.17, 15) is 9.59 Å². The molecule has 0 saturated heterocycles. The number of amides is 1. The molecule has 0 fully saturated rings. The number of benzene rings is 1. The van der Waals surface area contributed by atoms with Crippen LogP contribution in [-0.2, 0) is 20.7 Å². The van der Waals surface area contributed by atoms with Crippen molar-refractivity contribution in [3.8, 4) is 0 Å². The van der Waals surface area contributed by atoms with E-state index in [0.717, 1.165) is 5.56 Å². The Hall–Kier alpha value is -1.88. The van der Waals surface area contributed by atoms with Crippen LogP contribution in [0.4, 0.5) is 0 Å². The summed E-state index contributed by atoms with van der Waals surface area (Å²) in [5, 5.41) is 11.7. The third-order valence-corrected chi connectivity index (χ3v) is 2.84. The fraction of sp³-hybridized carbons (Fsp3) is 0.429. The molecule has 0 aliphatic carbocycles. The van der Waals surface area contributed by atoms with Crippen LogP contribution in [-0.4, -0.2) is 36.2 Å². The van der Waals surface area contributed by atoms with Gasteiger partial charge in [-0.1, -0.05) is 37.3 Å². The number of ether oxygens (including phenoxy) is 1. The highest BCUT2D eigenvalue weighted by Gasteiger charge is 2.24. The maximum absolute atomic E-state index is 11.8. The standard InChI is InChI=1S/C14H19NO4/c1-3-12(19-2)13(16)15-11(14(17)18)9-10-7-5-4-6-8-10/h4-8,11-12H,3,9H2,1-2H3,(H,15,16)(H,17,18)/t11-,12?/m0/s1. The van der Waals surface area contributed by atoms with Gasteiger partial charge in [-0.05, 0) is 12.0 Å². The monoisotopic (exact) mass is 265 g/mol. The van der Waals surface area contributed by atoms with Crippen molar-refractivity contribution in [3.05, 3.63) is 35.9 Å². The molecule has 2 atom stereocenters. The Labute approximate surface area is 112 Å². The van der Waals surface area contributed by atoms with Crippen molar-refractivity contribution in [2.75, 3.05) is 7.11 Å². The molecule has 0 spiro atoms. The lowest BCUT2D eigenvalue weighted by molar-refractivity contribution is -0.143. The minimum Gasteiger partial charge on any atom is -0.480 e. The number of carbonyl (C=O) groups is 2. The van der Waals surface area contributed by atoms with Gasteiger partial charge < -0.3 is 15.2 Å². The Bertz CT molecular complexity index is 415. The predicted octanol–water partition coefficient (Wildman–Crippen LogP) is 1.22. The molecule has 0 saturated carbocycles. The van der Waals surface area contributed by atoms with Gasteiger partial charge in [-0.2, -0.15) is 0 Å². The summed E-state index contributed by atoms with van der Waals surface area (Å²) in [7, 11) is 1.43. The summed E-state index contributed by atoms with van der Waals surface area (Å²) in [4.78, 5) is 23.0. The Morgan fingerprint density at radius 2 is 1.95 bits per heavy atom. The number of carbonyl (C=O) groups excluding carboxylic acids is 1. The van der Waals surface area contributed by atoms with E-state index in [0.29, 0.717) is 6.42 Å². The number of hydrogen-bond acceptors (Lipinski definition) is 3. The second kappa shape index (κ2) is 7.53. The molecular weight excluding hydrogens is 246 g/mol. The average Bonchev–Trinajstić information content (AvgIpc) is 2.40. The highest BCUT2D eigenvalue weighted by Crippen LogP contribution is 2.05. The fourth-order valence-corrected chi connectivity index (χ4v) is 1.77. The second-order valence-corrected chi connectivity index (χ2v) is 4.22. The van der Waals surface area contributed by atoms with Gasteiger partial charge in [0.25, 0.3) is 0 Å². The van der Waals surface area contributed by atoms with Crippen molar-refractivity contribution in [2.24, 2.45) is 0 Å². The predicted molar refractivity (Wildman–Crippen MR) is 70.8 cm³/mol. The summed E-state index contributed by atoms with van der Waals surface area (Å²) in [6.07, 6.45) is 0.139. The molecule has 1 amide bonds. The molecule has 104 valence electrons. The topological polar surface area (TPSA) is 75.6 Å². The van der Waals surface area contributed by atoms with Gasteiger partial charge in [-0.25, -0.2) is 4.79 Å². The molecule has 0 aromatic heterocycles. The third-order valence-electron chi connectivity index (χ3n) is 2.84. The number of nitrogens with one attached hydrogen (secondary N) is 1. The Morgan fingerprint density at radius 1 is 1.32 bits per heavy atom. The summed E-state index contributed by atoms with van der Waals surface area (Å²) >= 11 is 0. The average molecular weight is 265 g/mol. The van der Waals surface area contributed by atoms with Gasteiger partial charge >= 0.3 is 5.97 Å². The zero-order valence-electron chi connectivity index (χ0n) is 11.1. The number of aliphatic carboxylic acids is 1. The van der Waals surface area contributed by atoms with E-state index in [-0.39, 0.29) is 6.42 Å². The molecule has 0 aliphatic heterocycles. The smallest absolute Gasteiger partial charge is 0.326 e. The molecule has 1 unspecified atom stereocenters. The Morgan fingerprint density at radius 3 is 2.42 bits per heavy atom. The van der Waals surface area contributed by atoms with Crippen LogP contribution in [0.2, 0.25) is 0 Å². The zero-order chi connectivity index (χ0) is 14.3. The first kappa shape index (κ1) is 15.2. The fourth-order valence-electron chi connectivity index (χ4n) is 1.77. The van der Waals surface area contributed by atoms with Crippen LogP contribution in [0.25, 0.3) is 0 Å². The lowest BCUT2D eigenvalue weighted by atomic mass is 10.1. The molecule has 1 rings (SSSR count). The van der Waals surface area contributed by atoms with Crippen LogP contribution >= 0.6 is 0 Å². The highest BCUT2D eigenvalue weighted by molar-refractivity contribution is 5.86. The van der Waals surface area contributed by atoms with E-state index in [1.165, 1.54) is 7.11 Å². The van der Waals surface area contributed by atoms with Crippen molar-refractivity contribution < 1.29 is 19.4 Å². The van der Waals surface area contributed by atoms with Crippen LogP contribution in [0.15, 0.2) is 30.3 Å².